The van der Waals surface area contributed by atoms with Crippen LogP contribution in [0.1, 0.15) is 52.4 Å². The number of ketones is 1. The summed E-state index contributed by atoms with van der Waals surface area (Å²) in [5, 5.41) is 3.42. The first kappa shape index (κ1) is 12.1. The number of hydrogen-bond donors (Lipinski definition) is 1. The summed E-state index contributed by atoms with van der Waals surface area (Å²) in [6, 6.07) is 0. The summed E-state index contributed by atoms with van der Waals surface area (Å²) in [6.07, 6.45) is 7.18. The van der Waals surface area contributed by atoms with Crippen LogP contribution in [0.4, 0.5) is 0 Å². The van der Waals surface area contributed by atoms with Crippen molar-refractivity contribution in [1.82, 2.24) is 5.32 Å². The van der Waals surface area contributed by atoms with Crippen molar-refractivity contribution in [2.75, 3.05) is 13.1 Å². The van der Waals surface area contributed by atoms with Gasteiger partial charge in [0.15, 0.2) is 0 Å². The fraction of sp³-hybridized carbons (Fsp3) is 0.929. The van der Waals surface area contributed by atoms with Crippen LogP contribution in [0.15, 0.2) is 0 Å². The average Bonchev–Trinajstić information content (AvgIpc) is 2.24. The summed E-state index contributed by atoms with van der Waals surface area (Å²) in [7, 11) is 0. The molecule has 0 aromatic heterocycles. The molecule has 2 fully saturated rings. The van der Waals surface area contributed by atoms with E-state index in [0.717, 1.165) is 19.5 Å². The van der Waals surface area contributed by atoms with E-state index in [1.807, 2.05) is 0 Å². The average molecular weight is 223 g/mol. The van der Waals surface area contributed by atoms with E-state index in [9.17, 15) is 4.79 Å². The molecule has 1 saturated heterocycles. The Labute approximate surface area is 99.2 Å². The van der Waals surface area contributed by atoms with Gasteiger partial charge >= 0.3 is 0 Å². The van der Waals surface area contributed by atoms with E-state index >= 15 is 0 Å². The molecule has 2 rings (SSSR count). The van der Waals surface area contributed by atoms with Gasteiger partial charge in [-0.25, -0.2) is 0 Å². The first-order chi connectivity index (χ1) is 7.60. The van der Waals surface area contributed by atoms with Crippen molar-refractivity contribution in [2.24, 2.45) is 17.3 Å². The van der Waals surface area contributed by atoms with Crippen molar-refractivity contribution in [3.8, 4) is 0 Å². The molecule has 0 bridgehead atoms. The second kappa shape index (κ2) is 4.87. The number of Topliss-reactive ketones (excluding diaryl/α,β-unsaturated/α-hetero) is 1. The van der Waals surface area contributed by atoms with E-state index in [-0.39, 0.29) is 5.41 Å². The summed E-state index contributed by atoms with van der Waals surface area (Å²) >= 11 is 0. The zero-order valence-electron chi connectivity index (χ0n) is 10.7. The standard InChI is InChI=1S/C14H25NO/c1-14(2,12-7-4-8-15-10-12)13(16)9-11-5-3-6-11/h11-12,15H,3-10H2,1-2H3. The maximum absolute atomic E-state index is 12.3. The number of rotatable bonds is 4. The summed E-state index contributed by atoms with van der Waals surface area (Å²) in [5.74, 6) is 1.77. The molecule has 1 saturated carbocycles. The van der Waals surface area contributed by atoms with E-state index in [2.05, 4.69) is 19.2 Å². The maximum atomic E-state index is 12.3. The van der Waals surface area contributed by atoms with Gasteiger partial charge in [0.05, 0.1) is 0 Å². The minimum Gasteiger partial charge on any atom is -0.316 e. The minimum atomic E-state index is -0.108. The third-order valence-electron chi connectivity index (χ3n) is 4.73. The van der Waals surface area contributed by atoms with Gasteiger partial charge in [-0.05, 0) is 37.8 Å². The van der Waals surface area contributed by atoms with E-state index in [4.69, 9.17) is 0 Å². The first-order valence-corrected chi connectivity index (χ1v) is 6.84. The van der Waals surface area contributed by atoms with Crippen LogP contribution in [0.5, 0.6) is 0 Å². The van der Waals surface area contributed by atoms with E-state index in [1.165, 1.54) is 32.1 Å². The molecule has 0 aromatic carbocycles. The topological polar surface area (TPSA) is 29.1 Å². The van der Waals surface area contributed by atoms with Crippen LogP contribution >= 0.6 is 0 Å². The molecule has 0 radical (unpaired) electrons. The van der Waals surface area contributed by atoms with Gasteiger partial charge in [-0.15, -0.1) is 0 Å². The lowest BCUT2D eigenvalue weighted by Gasteiger charge is -2.38. The Morgan fingerprint density at radius 3 is 2.50 bits per heavy atom. The Kier molecular flexibility index (Phi) is 3.68. The van der Waals surface area contributed by atoms with E-state index in [1.54, 1.807) is 0 Å². The van der Waals surface area contributed by atoms with Crippen molar-refractivity contribution < 1.29 is 4.79 Å². The largest absolute Gasteiger partial charge is 0.316 e. The molecule has 2 heteroatoms. The quantitative estimate of drug-likeness (QED) is 0.794. The van der Waals surface area contributed by atoms with Gasteiger partial charge < -0.3 is 5.32 Å². The lowest BCUT2D eigenvalue weighted by molar-refractivity contribution is -0.131. The van der Waals surface area contributed by atoms with Crippen LogP contribution in [0.2, 0.25) is 0 Å². The Morgan fingerprint density at radius 2 is 2.00 bits per heavy atom. The van der Waals surface area contributed by atoms with Crippen molar-refractivity contribution in [2.45, 2.75) is 52.4 Å². The van der Waals surface area contributed by atoms with Gasteiger partial charge in [-0.1, -0.05) is 33.1 Å². The number of nitrogens with one attached hydrogen (secondary N) is 1. The van der Waals surface area contributed by atoms with Crippen LogP contribution in [0.25, 0.3) is 0 Å². The molecule has 1 atom stereocenters. The SMILES string of the molecule is CC(C)(C(=O)CC1CCC1)C1CCCNC1. The Bertz CT molecular complexity index is 249. The molecule has 92 valence electrons. The molecule has 1 aliphatic carbocycles. The van der Waals surface area contributed by atoms with Crippen LogP contribution < -0.4 is 5.32 Å². The lowest BCUT2D eigenvalue weighted by atomic mass is 9.68. The zero-order chi connectivity index (χ0) is 11.6. The molecule has 1 heterocycles. The third-order valence-corrected chi connectivity index (χ3v) is 4.73. The van der Waals surface area contributed by atoms with Crippen LogP contribution in [-0.4, -0.2) is 18.9 Å². The van der Waals surface area contributed by atoms with Crippen molar-refractivity contribution in [3.63, 3.8) is 0 Å². The molecule has 1 N–H and O–H groups in total. The zero-order valence-corrected chi connectivity index (χ0v) is 10.7. The lowest BCUT2D eigenvalue weighted by Crippen LogP contribution is -2.43. The molecular weight excluding hydrogens is 198 g/mol. The Morgan fingerprint density at radius 1 is 1.25 bits per heavy atom. The smallest absolute Gasteiger partial charge is 0.139 e. The molecule has 0 aromatic rings. The van der Waals surface area contributed by atoms with Crippen molar-refractivity contribution in [1.29, 1.82) is 0 Å². The van der Waals surface area contributed by atoms with E-state index in [0.29, 0.717) is 17.6 Å². The highest BCUT2D eigenvalue weighted by molar-refractivity contribution is 5.84. The summed E-state index contributed by atoms with van der Waals surface area (Å²) in [5.41, 5.74) is -0.108. The van der Waals surface area contributed by atoms with Gasteiger partial charge in [-0.3, -0.25) is 4.79 Å². The summed E-state index contributed by atoms with van der Waals surface area (Å²) in [4.78, 5) is 12.3. The molecule has 0 spiro atoms. The Hall–Kier alpha value is -0.370. The predicted octanol–water partition coefficient (Wildman–Crippen LogP) is 2.77. The van der Waals surface area contributed by atoms with Crippen molar-refractivity contribution >= 4 is 5.78 Å². The Balaban J connectivity index is 1.90. The maximum Gasteiger partial charge on any atom is 0.139 e. The fourth-order valence-electron chi connectivity index (χ4n) is 2.92. The van der Waals surface area contributed by atoms with Gasteiger partial charge in [0.25, 0.3) is 0 Å². The highest BCUT2D eigenvalue weighted by atomic mass is 16.1. The molecule has 16 heavy (non-hydrogen) atoms. The molecule has 1 aliphatic heterocycles. The number of carbonyl (C=O) groups is 1. The molecule has 0 amide bonds. The first-order valence-electron chi connectivity index (χ1n) is 6.84. The number of carbonyl (C=O) groups excluding carboxylic acids is 1. The normalized spacial score (nSPS) is 27.5. The van der Waals surface area contributed by atoms with Crippen LogP contribution in [-0.2, 0) is 4.79 Å². The van der Waals surface area contributed by atoms with Gasteiger partial charge in [0, 0.05) is 11.8 Å². The van der Waals surface area contributed by atoms with Crippen molar-refractivity contribution in [3.05, 3.63) is 0 Å². The molecule has 2 nitrogen and oxygen atoms in total. The molecule has 2 aliphatic rings. The fourth-order valence-corrected chi connectivity index (χ4v) is 2.92. The molecular formula is C14H25NO. The highest BCUT2D eigenvalue weighted by Gasteiger charge is 2.38. The third kappa shape index (κ3) is 2.48. The number of hydrogen-bond acceptors (Lipinski definition) is 2. The second-order valence-electron chi connectivity index (χ2n) is 6.19. The van der Waals surface area contributed by atoms with Gasteiger partial charge in [0.2, 0.25) is 0 Å². The molecule has 1 unspecified atom stereocenters. The van der Waals surface area contributed by atoms with Gasteiger partial charge in [-0.2, -0.15) is 0 Å². The summed E-state index contributed by atoms with van der Waals surface area (Å²) < 4.78 is 0. The predicted molar refractivity (Wildman–Crippen MR) is 66.3 cm³/mol. The van der Waals surface area contributed by atoms with Gasteiger partial charge in [0.1, 0.15) is 5.78 Å². The van der Waals surface area contributed by atoms with Crippen LogP contribution in [0.3, 0.4) is 0 Å². The highest BCUT2D eigenvalue weighted by Crippen LogP contribution is 2.38. The monoisotopic (exact) mass is 223 g/mol. The number of piperidine rings is 1. The van der Waals surface area contributed by atoms with Crippen LogP contribution in [0, 0.1) is 17.3 Å². The minimum absolute atomic E-state index is 0.108. The summed E-state index contributed by atoms with van der Waals surface area (Å²) in [6.45, 7) is 6.48. The second-order valence-corrected chi connectivity index (χ2v) is 6.19. The van der Waals surface area contributed by atoms with E-state index < -0.39 is 0 Å².